The van der Waals surface area contributed by atoms with E-state index in [0.717, 1.165) is 3.71 Å². The summed E-state index contributed by atoms with van der Waals surface area (Å²) in [5.41, 5.74) is 0. The third kappa shape index (κ3) is 4.47. The topological polar surface area (TPSA) is 17.8 Å². The predicted octanol–water partition coefficient (Wildman–Crippen LogP) is 4.62. The number of hydrogen-bond donors (Lipinski definition) is 0. The second kappa shape index (κ2) is 9.06. The van der Waals surface area contributed by atoms with Gasteiger partial charge in [-0.15, -0.1) is 0 Å². The van der Waals surface area contributed by atoms with Crippen LogP contribution in [0.25, 0.3) is 0 Å². The summed E-state index contributed by atoms with van der Waals surface area (Å²) in [7, 11) is 1.94. The van der Waals surface area contributed by atoms with Crippen molar-refractivity contribution in [2.45, 2.75) is 72.6 Å². The number of nitrogens with zero attached hydrogens (tertiary/aromatic N) is 2. The Labute approximate surface area is 128 Å². The fourth-order valence-corrected chi connectivity index (χ4v) is 20.0. The van der Waals surface area contributed by atoms with Gasteiger partial charge in [-0.25, -0.2) is 0 Å². The molecule has 0 unspecified atom stereocenters. The Kier molecular flexibility index (Phi) is 8.15. The summed E-state index contributed by atoms with van der Waals surface area (Å²) in [5, 5.41) is 4.20. The number of halogens is 1. The molecule has 0 aliphatic carbocycles. The molecular weight excluding hydrogens is 358 g/mol. The van der Waals surface area contributed by atoms with Gasteiger partial charge in [0.15, 0.2) is 0 Å². The fraction of sp³-hybridized carbons (Fsp3) is 0.812. The molecule has 0 bridgehead atoms. The molecule has 0 aliphatic rings. The third-order valence-electron chi connectivity index (χ3n) is 4.42. The van der Waals surface area contributed by atoms with Gasteiger partial charge in [-0.3, -0.25) is 0 Å². The monoisotopic (exact) mass is 390 g/mol. The molecule has 116 valence electrons. The number of rotatable bonds is 10. The van der Waals surface area contributed by atoms with Crippen molar-refractivity contribution in [3.63, 3.8) is 0 Å². The average molecular weight is 389 g/mol. The number of unbranched alkanes of at least 4 members (excludes halogenated alkanes) is 3. The molecule has 0 spiro atoms. The number of aryl methyl sites for hydroxylation is 1. The van der Waals surface area contributed by atoms with Crippen LogP contribution >= 0.6 is 0 Å². The summed E-state index contributed by atoms with van der Waals surface area (Å²) < 4.78 is 21.2. The maximum atomic E-state index is 14.4. The molecule has 1 aromatic heterocycles. The first kappa shape index (κ1) is 18.0. The van der Waals surface area contributed by atoms with E-state index in [1.165, 1.54) is 58.0 Å². The molecule has 0 aliphatic heterocycles. The molecule has 0 aromatic carbocycles. The van der Waals surface area contributed by atoms with Gasteiger partial charge in [-0.05, 0) is 0 Å². The van der Waals surface area contributed by atoms with E-state index in [2.05, 4.69) is 25.9 Å². The van der Waals surface area contributed by atoms with Crippen LogP contribution in [0.15, 0.2) is 6.20 Å². The molecule has 0 fully saturated rings. The first-order valence-corrected chi connectivity index (χ1v) is 15.8. The third-order valence-corrected chi connectivity index (χ3v) is 20.1. The van der Waals surface area contributed by atoms with Gasteiger partial charge in [-0.1, -0.05) is 0 Å². The van der Waals surface area contributed by atoms with Crippen LogP contribution in [0.3, 0.4) is 0 Å². The SMILES string of the molecule is CCC[CH2][Sn]([CH2]CCC)([CH2]CCC)[c]1c(F)cnn1C. The molecule has 20 heavy (non-hydrogen) atoms. The first-order valence-electron chi connectivity index (χ1n) is 8.29. The van der Waals surface area contributed by atoms with Crippen LogP contribution in [0.1, 0.15) is 59.3 Å². The Morgan fingerprint density at radius 3 is 1.75 bits per heavy atom. The molecule has 0 amide bonds. The van der Waals surface area contributed by atoms with Crippen molar-refractivity contribution in [2.24, 2.45) is 7.05 Å². The van der Waals surface area contributed by atoms with Gasteiger partial charge in [0.1, 0.15) is 0 Å². The zero-order chi connectivity index (χ0) is 15.0. The van der Waals surface area contributed by atoms with Gasteiger partial charge in [-0.2, -0.15) is 0 Å². The minimum absolute atomic E-state index is 0.0217. The van der Waals surface area contributed by atoms with Crippen LogP contribution in [0.5, 0.6) is 0 Å². The van der Waals surface area contributed by atoms with E-state index < -0.39 is 18.4 Å². The van der Waals surface area contributed by atoms with Crippen molar-refractivity contribution < 1.29 is 4.39 Å². The summed E-state index contributed by atoms with van der Waals surface area (Å²) in [6.07, 6.45) is 8.87. The normalized spacial score (nSPS) is 12.1. The summed E-state index contributed by atoms with van der Waals surface area (Å²) in [5.74, 6) is -0.0217. The van der Waals surface area contributed by atoms with Gasteiger partial charge in [0.25, 0.3) is 0 Å². The molecule has 2 nitrogen and oxygen atoms in total. The molecule has 0 atom stereocenters. The fourth-order valence-electron chi connectivity index (χ4n) is 3.28. The Balaban J connectivity index is 3.11. The van der Waals surface area contributed by atoms with Crippen molar-refractivity contribution in [3.8, 4) is 0 Å². The molecule has 1 heterocycles. The van der Waals surface area contributed by atoms with Crippen LogP contribution in [-0.2, 0) is 7.05 Å². The van der Waals surface area contributed by atoms with Crippen LogP contribution in [0, 0.1) is 5.82 Å². The van der Waals surface area contributed by atoms with Crippen molar-refractivity contribution >= 4 is 22.1 Å². The van der Waals surface area contributed by atoms with Crippen molar-refractivity contribution in [2.75, 3.05) is 0 Å². The molecule has 4 heteroatoms. The summed E-state index contributed by atoms with van der Waals surface area (Å²) in [4.78, 5) is 0. The van der Waals surface area contributed by atoms with E-state index in [9.17, 15) is 4.39 Å². The molecule has 0 radical (unpaired) electrons. The summed E-state index contributed by atoms with van der Waals surface area (Å²) >= 11 is -2.63. The van der Waals surface area contributed by atoms with Crippen molar-refractivity contribution in [3.05, 3.63) is 12.0 Å². The number of aromatic nitrogens is 2. The molecule has 1 rings (SSSR count). The maximum absolute atomic E-state index is 14.4. The van der Waals surface area contributed by atoms with E-state index in [-0.39, 0.29) is 5.82 Å². The average Bonchev–Trinajstić information content (AvgIpc) is 2.79. The standard InChI is InChI=1S/C4H4FN2.3C4H9.Sn/c1-7-3-4(5)2-6-7;3*1-3-4-2;/h2H,1H3;3*1,3-4H2,2H3;. The second-order valence-corrected chi connectivity index (χ2v) is 19.0. The predicted molar refractivity (Wildman–Crippen MR) is 87.7 cm³/mol. The second-order valence-electron chi connectivity index (χ2n) is 6.06. The molecule has 0 N–H and O–H groups in total. The first-order chi connectivity index (χ1) is 9.61. The number of hydrogen-bond acceptors (Lipinski definition) is 1. The van der Waals surface area contributed by atoms with Gasteiger partial charge in [0, 0.05) is 0 Å². The molecule has 0 saturated carbocycles. The van der Waals surface area contributed by atoms with Gasteiger partial charge < -0.3 is 0 Å². The quantitative estimate of drug-likeness (QED) is 0.535. The van der Waals surface area contributed by atoms with E-state index in [1.54, 1.807) is 0 Å². The van der Waals surface area contributed by atoms with Crippen molar-refractivity contribution in [1.82, 2.24) is 9.78 Å². The van der Waals surface area contributed by atoms with Gasteiger partial charge in [0.2, 0.25) is 0 Å². The Bertz CT molecular complexity index is 349. The van der Waals surface area contributed by atoms with Crippen LogP contribution in [0.2, 0.25) is 13.3 Å². The van der Waals surface area contributed by atoms with Crippen LogP contribution in [-0.4, -0.2) is 28.2 Å². The Hall–Kier alpha value is -0.0613. The van der Waals surface area contributed by atoms with E-state index in [4.69, 9.17) is 0 Å². The van der Waals surface area contributed by atoms with E-state index >= 15 is 0 Å². The van der Waals surface area contributed by atoms with E-state index in [1.807, 2.05) is 11.7 Å². The van der Waals surface area contributed by atoms with Crippen LogP contribution in [0.4, 0.5) is 4.39 Å². The van der Waals surface area contributed by atoms with E-state index in [0.29, 0.717) is 0 Å². The van der Waals surface area contributed by atoms with Crippen molar-refractivity contribution in [1.29, 1.82) is 0 Å². The summed E-state index contributed by atoms with van der Waals surface area (Å²) in [6.45, 7) is 6.74. The Morgan fingerprint density at radius 1 is 1.00 bits per heavy atom. The zero-order valence-corrected chi connectivity index (χ0v) is 16.6. The summed E-state index contributed by atoms with van der Waals surface area (Å²) in [6, 6.07) is 0. The minimum atomic E-state index is -2.63. The zero-order valence-electron chi connectivity index (χ0n) is 13.7. The van der Waals surface area contributed by atoms with Gasteiger partial charge in [0.05, 0.1) is 0 Å². The molecule has 1 aromatic rings. The molecular formula is C16H31FN2Sn. The van der Waals surface area contributed by atoms with Crippen LogP contribution < -0.4 is 3.71 Å². The molecule has 0 saturated heterocycles. The Morgan fingerprint density at radius 2 is 1.45 bits per heavy atom. The van der Waals surface area contributed by atoms with Gasteiger partial charge >= 0.3 is 128 Å².